The fourth-order valence-corrected chi connectivity index (χ4v) is 3.55. The molecule has 0 aliphatic rings. The van der Waals surface area contributed by atoms with Gasteiger partial charge in [-0.2, -0.15) is 0 Å². The molecule has 0 radical (unpaired) electrons. The summed E-state index contributed by atoms with van der Waals surface area (Å²) in [7, 11) is 0. The molecule has 146 valence electrons. The Bertz CT molecular complexity index is 770. The molecular weight excluding hydrogens is 364 g/mol. The molecule has 0 unspecified atom stereocenters. The lowest BCUT2D eigenvalue weighted by Gasteiger charge is -2.17. The van der Waals surface area contributed by atoms with Crippen LogP contribution in [0.2, 0.25) is 0 Å². The molecule has 0 aliphatic carbocycles. The standard InChI is InChI=1S/C19H26N4O3S/c1-4-23(5-2)11-10-20-18(26)14-6-8-15(9-7-14)22-19-21-13(3)16(27-19)12-17(24)25/h6-9H,4-5,10-12H2,1-3H3,(H,20,26)(H,21,22)(H,24,25). The van der Waals surface area contributed by atoms with E-state index < -0.39 is 5.97 Å². The Morgan fingerprint density at radius 2 is 1.85 bits per heavy atom. The van der Waals surface area contributed by atoms with Crippen LogP contribution < -0.4 is 10.6 Å². The van der Waals surface area contributed by atoms with Gasteiger partial charge in [-0.05, 0) is 44.3 Å². The topological polar surface area (TPSA) is 94.6 Å². The van der Waals surface area contributed by atoms with E-state index in [0.29, 0.717) is 22.9 Å². The average Bonchev–Trinajstić information content (AvgIpc) is 2.97. The minimum atomic E-state index is -0.871. The largest absolute Gasteiger partial charge is 0.481 e. The van der Waals surface area contributed by atoms with Crippen LogP contribution in [-0.4, -0.2) is 53.0 Å². The number of nitrogens with zero attached hydrogens (tertiary/aromatic N) is 2. The normalized spacial score (nSPS) is 10.8. The van der Waals surface area contributed by atoms with E-state index in [-0.39, 0.29) is 12.3 Å². The fraction of sp³-hybridized carbons (Fsp3) is 0.421. The molecule has 0 aliphatic heterocycles. The summed E-state index contributed by atoms with van der Waals surface area (Å²) in [6.45, 7) is 9.39. The summed E-state index contributed by atoms with van der Waals surface area (Å²) >= 11 is 1.32. The number of aliphatic carboxylic acids is 1. The van der Waals surface area contributed by atoms with Gasteiger partial charge in [0.2, 0.25) is 0 Å². The molecule has 0 atom stereocenters. The lowest BCUT2D eigenvalue weighted by Crippen LogP contribution is -2.34. The number of thiazole rings is 1. The van der Waals surface area contributed by atoms with E-state index in [1.54, 1.807) is 19.1 Å². The molecule has 0 saturated heterocycles. The van der Waals surface area contributed by atoms with Crippen molar-refractivity contribution in [3.63, 3.8) is 0 Å². The van der Waals surface area contributed by atoms with E-state index in [0.717, 1.165) is 30.2 Å². The number of carbonyl (C=O) groups is 2. The Morgan fingerprint density at radius 1 is 1.19 bits per heavy atom. The monoisotopic (exact) mass is 390 g/mol. The third-order valence-electron chi connectivity index (χ3n) is 4.21. The van der Waals surface area contributed by atoms with Gasteiger partial charge >= 0.3 is 5.97 Å². The molecule has 1 amide bonds. The highest BCUT2D eigenvalue weighted by molar-refractivity contribution is 7.15. The quantitative estimate of drug-likeness (QED) is 0.577. The minimum Gasteiger partial charge on any atom is -0.481 e. The molecule has 0 fully saturated rings. The number of likely N-dealkylation sites (N-methyl/N-ethyl adjacent to an activating group) is 1. The van der Waals surface area contributed by atoms with E-state index in [2.05, 4.69) is 34.4 Å². The van der Waals surface area contributed by atoms with Gasteiger partial charge in [0.25, 0.3) is 5.91 Å². The van der Waals surface area contributed by atoms with Crippen LogP contribution in [0, 0.1) is 6.92 Å². The first-order valence-corrected chi connectivity index (χ1v) is 9.80. The summed E-state index contributed by atoms with van der Waals surface area (Å²) in [5.41, 5.74) is 2.11. The average molecular weight is 391 g/mol. The summed E-state index contributed by atoms with van der Waals surface area (Å²) < 4.78 is 0. The van der Waals surface area contributed by atoms with E-state index in [9.17, 15) is 9.59 Å². The number of carbonyl (C=O) groups excluding carboxylic acids is 1. The van der Waals surface area contributed by atoms with Crippen LogP contribution in [0.4, 0.5) is 10.8 Å². The number of amides is 1. The molecule has 1 aromatic carbocycles. The summed E-state index contributed by atoms with van der Waals surface area (Å²) in [5, 5.41) is 15.6. The van der Waals surface area contributed by atoms with Crippen molar-refractivity contribution in [2.75, 3.05) is 31.5 Å². The molecular formula is C19H26N4O3S. The number of hydrogen-bond acceptors (Lipinski definition) is 6. The predicted molar refractivity (Wildman–Crippen MR) is 108 cm³/mol. The van der Waals surface area contributed by atoms with Gasteiger partial charge in [-0.1, -0.05) is 13.8 Å². The second-order valence-electron chi connectivity index (χ2n) is 6.08. The van der Waals surface area contributed by atoms with Crippen molar-refractivity contribution in [2.45, 2.75) is 27.2 Å². The molecule has 7 nitrogen and oxygen atoms in total. The summed E-state index contributed by atoms with van der Waals surface area (Å²) in [6, 6.07) is 7.14. The second-order valence-corrected chi connectivity index (χ2v) is 7.17. The zero-order valence-corrected chi connectivity index (χ0v) is 16.7. The van der Waals surface area contributed by atoms with Crippen LogP contribution >= 0.6 is 11.3 Å². The Hall–Kier alpha value is -2.45. The number of carboxylic acid groups (broad SMARTS) is 1. The number of aromatic nitrogens is 1. The molecule has 0 bridgehead atoms. The highest BCUT2D eigenvalue weighted by atomic mass is 32.1. The van der Waals surface area contributed by atoms with E-state index >= 15 is 0 Å². The molecule has 8 heteroatoms. The molecule has 2 aromatic rings. The number of carboxylic acids is 1. The highest BCUT2D eigenvalue weighted by Gasteiger charge is 2.11. The molecule has 1 heterocycles. The minimum absolute atomic E-state index is 0.0300. The van der Waals surface area contributed by atoms with Gasteiger partial charge in [-0.15, -0.1) is 11.3 Å². The van der Waals surface area contributed by atoms with Gasteiger partial charge < -0.3 is 20.6 Å². The van der Waals surface area contributed by atoms with Crippen molar-refractivity contribution >= 4 is 34.0 Å². The van der Waals surface area contributed by atoms with Gasteiger partial charge in [-0.25, -0.2) is 4.98 Å². The summed E-state index contributed by atoms with van der Waals surface area (Å²) in [6.07, 6.45) is -0.0300. The lowest BCUT2D eigenvalue weighted by atomic mass is 10.2. The maximum Gasteiger partial charge on any atom is 0.308 e. The van der Waals surface area contributed by atoms with Crippen LogP contribution in [0.25, 0.3) is 0 Å². The first-order valence-electron chi connectivity index (χ1n) is 8.98. The molecule has 0 saturated carbocycles. The number of rotatable bonds is 10. The van der Waals surface area contributed by atoms with Crippen molar-refractivity contribution in [3.05, 3.63) is 40.4 Å². The Morgan fingerprint density at radius 3 is 2.44 bits per heavy atom. The third kappa shape index (κ3) is 6.33. The van der Waals surface area contributed by atoms with Gasteiger partial charge in [0.15, 0.2) is 5.13 Å². The number of benzene rings is 1. The van der Waals surface area contributed by atoms with Crippen LogP contribution in [0.3, 0.4) is 0 Å². The maximum absolute atomic E-state index is 12.2. The first-order chi connectivity index (χ1) is 12.9. The summed E-state index contributed by atoms with van der Waals surface area (Å²) in [5.74, 6) is -0.966. The van der Waals surface area contributed by atoms with E-state index in [4.69, 9.17) is 5.11 Å². The number of aryl methyl sites for hydroxylation is 1. The first kappa shape index (κ1) is 20.9. The van der Waals surface area contributed by atoms with Crippen molar-refractivity contribution in [1.82, 2.24) is 15.2 Å². The predicted octanol–water partition coefficient (Wildman–Crippen LogP) is 2.89. The van der Waals surface area contributed by atoms with Crippen molar-refractivity contribution < 1.29 is 14.7 Å². The van der Waals surface area contributed by atoms with Crippen molar-refractivity contribution in [3.8, 4) is 0 Å². The van der Waals surface area contributed by atoms with Gasteiger partial charge in [0.05, 0.1) is 12.1 Å². The molecule has 0 spiro atoms. The fourth-order valence-electron chi connectivity index (χ4n) is 2.58. The van der Waals surface area contributed by atoms with E-state index in [1.807, 2.05) is 12.1 Å². The number of hydrogen-bond donors (Lipinski definition) is 3. The molecule has 2 rings (SSSR count). The molecule has 27 heavy (non-hydrogen) atoms. The zero-order valence-electron chi connectivity index (χ0n) is 15.9. The zero-order chi connectivity index (χ0) is 19.8. The highest BCUT2D eigenvalue weighted by Crippen LogP contribution is 2.26. The lowest BCUT2D eigenvalue weighted by molar-refractivity contribution is -0.136. The van der Waals surface area contributed by atoms with Crippen molar-refractivity contribution in [1.29, 1.82) is 0 Å². The Kier molecular flexibility index (Phi) is 7.75. The SMILES string of the molecule is CCN(CC)CCNC(=O)c1ccc(Nc2nc(C)c(CC(=O)O)s2)cc1. The number of nitrogens with one attached hydrogen (secondary N) is 2. The third-order valence-corrected chi connectivity index (χ3v) is 5.28. The van der Waals surface area contributed by atoms with Crippen LogP contribution in [0.1, 0.15) is 34.8 Å². The Balaban J connectivity index is 1.91. The van der Waals surface area contributed by atoms with Crippen LogP contribution in [0.5, 0.6) is 0 Å². The maximum atomic E-state index is 12.2. The van der Waals surface area contributed by atoms with Crippen LogP contribution in [0.15, 0.2) is 24.3 Å². The van der Waals surface area contributed by atoms with Gasteiger partial charge in [0, 0.05) is 29.2 Å². The van der Waals surface area contributed by atoms with Crippen LogP contribution in [-0.2, 0) is 11.2 Å². The second kappa shape index (κ2) is 10.0. The van der Waals surface area contributed by atoms with Gasteiger partial charge in [-0.3, -0.25) is 9.59 Å². The van der Waals surface area contributed by atoms with Gasteiger partial charge in [0.1, 0.15) is 0 Å². The Labute approximate surface area is 163 Å². The van der Waals surface area contributed by atoms with Crippen molar-refractivity contribution in [2.24, 2.45) is 0 Å². The smallest absolute Gasteiger partial charge is 0.308 e. The molecule has 1 aromatic heterocycles. The molecule has 3 N–H and O–H groups in total. The van der Waals surface area contributed by atoms with E-state index in [1.165, 1.54) is 11.3 Å². The number of anilines is 2. The summed E-state index contributed by atoms with van der Waals surface area (Å²) in [4.78, 5) is 30.4.